The Labute approximate surface area is 166 Å². The van der Waals surface area contributed by atoms with Gasteiger partial charge in [0, 0.05) is 12.8 Å². The smallest absolute Gasteiger partial charge is 0.143 e. The Bertz CT molecular complexity index is 875. The Morgan fingerprint density at radius 2 is 1.54 bits per heavy atom. The lowest BCUT2D eigenvalue weighted by Gasteiger charge is -2.19. The van der Waals surface area contributed by atoms with Gasteiger partial charge in [0.25, 0.3) is 0 Å². The molecule has 3 nitrogen and oxygen atoms in total. The van der Waals surface area contributed by atoms with Gasteiger partial charge < -0.3 is 9.84 Å². The second-order valence-electron chi connectivity index (χ2n) is 6.87. The zero-order valence-electron chi connectivity index (χ0n) is 16.1. The van der Waals surface area contributed by atoms with Crippen molar-refractivity contribution in [2.75, 3.05) is 6.61 Å². The molecule has 28 heavy (non-hydrogen) atoms. The van der Waals surface area contributed by atoms with Gasteiger partial charge in [-0.05, 0) is 28.8 Å². The summed E-state index contributed by atoms with van der Waals surface area (Å²) in [5.41, 5.74) is 2.77. The molecule has 3 aromatic rings. The van der Waals surface area contributed by atoms with E-state index in [-0.39, 0.29) is 18.3 Å². The first-order valence-corrected chi connectivity index (χ1v) is 9.69. The number of carbonyl (C=O) groups excluding carboxylic acids is 1. The summed E-state index contributed by atoms with van der Waals surface area (Å²) < 4.78 is 5.86. The van der Waals surface area contributed by atoms with Crippen molar-refractivity contribution in [3.05, 3.63) is 102 Å². The van der Waals surface area contributed by atoms with Crippen LogP contribution in [0.5, 0.6) is 5.75 Å². The largest absolute Gasteiger partial charge is 0.492 e. The number of aliphatic hydroxyl groups excluding tert-OH is 1. The van der Waals surface area contributed by atoms with E-state index in [1.165, 1.54) is 0 Å². The van der Waals surface area contributed by atoms with E-state index in [2.05, 4.69) is 0 Å². The van der Waals surface area contributed by atoms with Crippen LogP contribution in [0.3, 0.4) is 0 Å². The number of hydrogen-bond acceptors (Lipinski definition) is 3. The van der Waals surface area contributed by atoms with Crippen LogP contribution in [0.4, 0.5) is 0 Å². The molecule has 3 aromatic carbocycles. The van der Waals surface area contributed by atoms with E-state index >= 15 is 0 Å². The number of ketones is 1. The predicted octanol–water partition coefficient (Wildman–Crippen LogP) is 5.10. The number of para-hydroxylation sites is 1. The molecule has 1 N–H and O–H groups in total. The molecule has 2 atom stereocenters. The standard InChI is InChI=1S/C25H26O3/c1-2-24(26)23(18-28-22-14-7-4-8-15-22)20-12-9-13-21(17-20)25(27)16-19-10-5-3-6-11-19/h3-15,17,23,25,27H,2,16,18H2,1H3. The summed E-state index contributed by atoms with van der Waals surface area (Å²) in [6.45, 7) is 2.15. The monoisotopic (exact) mass is 374 g/mol. The van der Waals surface area contributed by atoms with Gasteiger partial charge in [0.2, 0.25) is 0 Å². The first-order chi connectivity index (χ1) is 13.7. The normalized spacial score (nSPS) is 12.9. The predicted molar refractivity (Wildman–Crippen MR) is 112 cm³/mol. The SMILES string of the molecule is CCC(=O)C(COc1ccccc1)c1cccc(C(O)Cc2ccccc2)c1. The number of hydrogen-bond donors (Lipinski definition) is 1. The van der Waals surface area contributed by atoms with Crippen LogP contribution < -0.4 is 4.74 Å². The lowest BCUT2D eigenvalue weighted by atomic mass is 9.91. The number of rotatable bonds is 9. The Morgan fingerprint density at radius 3 is 2.21 bits per heavy atom. The highest BCUT2D eigenvalue weighted by molar-refractivity contribution is 5.85. The molecule has 0 amide bonds. The average molecular weight is 374 g/mol. The summed E-state index contributed by atoms with van der Waals surface area (Å²) in [7, 11) is 0. The quantitative estimate of drug-likeness (QED) is 0.566. The van der Waals surface area contributed by atoms with Gasteiger partial charge in [0.1, 0.15) is 18.1 Å². The molecule has 0 aromatic heterocycles. The fourth-order valence-corrected chi connectivity index (χ4v) is 3.26. The second-order valence-corrected chi connectivity index (χ2v) is 6.87. The number of benzene rings is 3. The summed E-state index contributed by atoms with van der Waals surface area (Å²) >= 11 is 0. The molecule has 2 unspecified atom stereocenters. The van der Waals surface area contributed by atoms with Crippen molar-refractivity contribution in [2.24, 2.45) is 0 Å². The minimum atomic E-state index is -0.616. The molecule has 0 heterocycles. The van der Waals surface area contributed by atoms with Crippen molar-refractivity contribution in [3.63, 3.8) is 0 Å². The van der Waals surface area contributed by atoms with Crippen molar-refractivity contribution in [2.45, 2.75) is 31.8 Å². The molecule has 0 aliphatic carbocycles. The van der Waals surface area contributed by atoms with Gasteiger partial charge in [-0.3, -0.25) is 4.79 Å². The molecular formula is C25H26O3. The van der Waals surface area contributed by atoms with Crippen molar-refractivity contribution < 1.29 is 14.6 Å². The van der Waals surface area contributed by atoms with Crippen LogP contribution in [-0.2, 0) is 11.2 Å². The van der Waals surface area contributed by atoms with Gasteiger partial charge in [-0.15, -0.1) is 0 Å². The summed E-state index contributed by atoms with van der Waals surface area (Å²) in [6, 6.07) is 27.1. The fourth-order valence-electron chi connectivity index (χ4n) is 3.26. The maximum atomic E-state index is 12.6. The molecule has 0 aliphatic rings. The minimum Gasteiger partial charge on any atom is -0.492 e. The number of Topliss-reactive ketones (excluding diaryl/α,β-unsaturated/α-hetero) is 1. The summed E-state index contributed by atoms with van der Waals surface area (Å²) in [4.78, 5) is 12.6. The Hall–Kier alpha value is -2.91. The second kappa shape index (κ2) is 9.86. The highest BCUT2D eigenvalue weighted by Gasteiger charge is 2.21. The average Bonchev–Trinajstić information content (AvgIpc) is 2.75. The number of ether oxygens (including phenoxy) is 1. The van der Waals surface area contributed by atoms with Crippen LogP contribution in [0.15, 0.2) is 84.9 Å². The Balaban J connectivity index is 1.76. The van der Waals surface area contributed by atoms with Crippen LogP contribution in [0.1, 0.15) is 42.1 Å². The van der Waals surface area contributed by atoms with E-state index in [1.807, 2.05) is 91.9 Å². The van der Waals surface area contributed by atoms with Crippen LogP contribution in [0, 0.1) is 0 Å². The van der Waals surface area contributed by atoms with E-state index in [9.17, 15) is 9.90 Å². The van der Waals surface area contributed by atoms with Crippen LogP contribution in [0.2, 0.25) is 0 Å². The summed E-state index contributed by atoms with van der Waals surface area (Å²) in [6.07, 6.45) is 0.367. The molecule has 0 saturated heterocycles. The molecular weight excluding hydrogens is 348 g/mol. The van der Waals surface area contributed by atoms with E-state index < -0.39 is 6.10 Å². The summed E-state index contributed by atoms with van der Waals surface area (Å²) in [5.74, 6) is 0.524. The zero-order chi connectivity index (χ0) is 19.8. The van der Waals surface area contributed by atoms with Crippen molar-refractivity contribution >= 4 is 5.78 Å². The van der Waals surface area contributed by atoms with Gasteiger partial charge >= 0.3 is 0 Å². The lowest BCUT2D eigenvalue weighted by molar-refractivity contribution is -0.120. The van der Waals surface area contributed by atoms with Crippen molar-refractivity contribution in [1.29, 1.82) is 0 Å². The molecule has 144 valence electrons. The third kappa shape index (κ3) is 5.30. The van der Waals surface area contributed by atoms with E-state index in [0.29, 0.717) is 12.8 Å². The molecule has 0 radical (unpaired) electrons. The Kier molecular flexibility index (Phi) is 6.99. The van der Waals surface area contributed by atoms with Gasteiger partial charge in [0.05, 0.1) is 12.0 Å². The zero-order valence-corrected chi connectivity index (χ0v) is 16.1. The maximum absolute atomic E-state index is 12.6. The van der Waals surface area contributed by atoms with Gasteiger partial charge in [-0.2, -0.15) is 0 Å². The first-order valence-electron chi connectivity index (χ1n) is 9.69. The topological polar surface area (TPSA) is 46.5 Å². The molecule has 0 spiro atoms. The van der Waals surface area contributed by atoms with Crippen LogP contribution in [0.25, 0.3) is 0 Å². The highest BCUT2D eigenvalue weighted by Crippen LogP contribution is 2.25. The van der Waals surface area contributed by atoms with E-state index in [1.54, 1.807) is 0 Å². The molecule has 0 aliphatic heterocycles. The maximum Gasteiger partial charge on any atom is 0.143 e. The highest BCUT2D eigenvalue weighted by atomic mass is 16.5. The van der Waals surface area contributed by atoms with Gasteiger partial charge in [0.15, 0.2) is 0 Å². The lowest BCUT2D eigenvalue weighted by Crippen LogP contribution is -2.20. The number of carbonyl (C=O) groups is 1. The summed E-state index contributed by atoms with van der Waals surface area (Å²) in [5, 5.41) is 10.7. The molecule has 0 saturated carbocycles. The number of aliphatic hydroxyl groups is 1. The first kappa shape index (κ1) is 19.8. The minimum absolute atomic E-state index is 0.130. The molecule has 0 fully saturated rings. The van der Waals surface area contributed by atoms with Crippen LogP contribution in [-0.4, -0.2) is 17.5 Å². The fraction of sp³-hybridized carbons (Fsp3) is 0.240. The van der Waals surface area contributed by atoms with Crippen LogP contribution >= 0.6 is 0 Å². The molecule has 0 bridgehead atoms. The molecule has 3 rings (SSSR count). The van der Waals surface area contributed by atoms with Gasteiger partial charge in [-0.25, -0.2) is 0 Å². The van der Waals surface area contributed by atoms with Crippen molar-refractivity contribution in [3.8, 4) is 5.75 Å². The van der Waals surface area contributed by atoms with Gasteiger partial charge in [-0.1, -0.05) is 79.7 Å². The Morgan fingerprint density at radius 1 is 0.893 bits per heavy atom. The van der Waals surface area contributed by atoms with Crippen molar-refractivity contribution in [1.82, 2.24) is 0 Å². The van der Waals surface area contributed by atoms with E-state index in [4.69, 9.17) is 4.74 Å². The third-order valence-electron chi connectivity index (χ3n) is 4.87. The molecule has 3 heteroatoms. The third-order valence-corrected chi connectivity index (χ3v) is 4.87. The van der Waals surface area contributed by atoms with E-state index in [0.717, 1.165) is 22.4 Å².